The number of benzene rings is 2. The molecule has 0 saturated heterocycles. The van der Waals surface area contributed by atoms with Crippen molar-refractivity contribution in [3.63, 3.8) is 0 Å². The molecule has 1 aliphatic carbocycles. The summed E-state index contributed by atoms with van der Waals surface area (Å²) in [7, 11) is 1.75. The van der Waals surface area contributed by atoms with Crippen molar-refractivity contribution in [2.24, 2.45) is 5.41 Å². The Labute approximate surface area is 152 Å². The first kappa shape index (κ1) is 17.5. The molecule has 0 heterocycles. The minimum Gasteiger partial charge on any atom is -0.351 e. The Balaban J connectivity index is 1.59. The highest BCUT2D eigenvalue weighted by Gasteiger charge is 2.57. The molecule has 0 unspecified atom stereocenters. The van der Waals surface area contributed by atoms with Crippen LogP contribution < -0.4 is 5.32 Å². The highest BCUT2D eigenvalue weighted by Crippen LogP contribution is 2.47. The van der Waals surface area contributed by atoms with Gasteiger partial charge in [-0.05, 0) is 36.1 Å². The van der Waals surface area contributed by atoms with Gasteiger partial charge in [0, 0.05) is 25.2 Å². The molecule has 1 fully saturated rings. The van der Waals surface area contributed by atoms with Crippen molar-refractivity contribution in [1.82, 2.24) is 10.2 Å². The molecule has 0 bridgehead atoms. The molecular formula is C20H21ClN2O2. The molecule has 2 aromatic carbocycles. The van der Waals surface area contributed by atoms with E-state index in [0.29, 0.717) is 31.0 Å². The molecule has 2 aromatic rings. The summed E-state index contributed by atoms with van der Waals surface area (Å²) in [4.78, 5) is 27.0. The van der Waals surface area contributed by atoms with E-state index in [2.05, 4.69) is 5.32 Å². The van der Waals surface area contributed by atoms with Crippen molar-refractivity contribution >= 4 is 23.4 Å². The third-order valence-corrected chi connectivity index (χ3v) is 4.82. The molecule has 5 heteroatoms. The van der Waals surface area contributed by atoms with Gasteiger partial charge < -0.3 is 10.2 Å². The Morgan fingerprint density at radius 3 is 2.28 bits per heavy atom. The van der Waals surface area contributed by atoms with Crippen LogP contribution in [-0.2, 0) is 22.7 Å². The Kier molecular flexibility index (Phi) is 5.09. The fourth-order valence-corrected chi connectivity index (χ4v) is 3.04. The van der Waals surface area contributed by atoms with Gasteiger partial charge in [-0.3, -0.25) is 9.59 Å². The summed E-state index contributed by atoms with van der Waals surface area (Å²) in [6, 6.07) is 17.1. The van der Waals surface area contributed by atoms with Gasteiger partial charge in [0.2, 0.25) is 11.8 Å². The van der Waals surface area contributed by atoms with Crippen molar-refractivity contribution in [2.45, 2.75) is 25.9 Å². The van der Waals surface area contributed by atoms with E-state index in [9.17, 15) is 9.59 Å². The first-order valence-electron chi connectivity index (χ1n) is 8.33. The molecule has 2 amide bonds. The number of hydrogen-bond acceptors (Lipinski definition) is 2. The SMILES string of the molecule is CN(Cc1ccccc1)C(=O)C1(C(=O)NCc2ccc(Cl)cc2)CC1. The summed E-state index contributed by atoms with van der Waals surface area (Å²) < 4.78 is 0. The molecule has 1 saturated carbocycles. The standard InChI is InChI=1S/C20H21ClN2O2/c1-23(14-16-5-3-2-4-6-16)19(25)20(11-12-20)18(24)22-13-15-7-9-17(21)10-8-15/h2-10H,11-14H2,1H3,(H,22,24). The third-order valence-electron chi connectivity index (χ3n) is 4.57. The lowest BCUT2D eigenvalue weighted by Gasteiger charge is -2.23. The number of carbonyl (C=O) groups is 2. The predicted octanol–water partition coefficient (Wildman–Crippen LogP) is 3.40. The van der Waals surface area contributed by atoms with E-state index in [4.69, 9.17) is 11.6 Å². The Morgan fingerprint density at radius 2 is 1.68 bits per heavy atom. The van der Waals surface area contributed by atoms with Gasteiger partial charge >= 0.3 is 0 Å². The minimum atomic E-state index is -0.893. The number of carbonyl (C=O) groups excluding carboxylic acids is 2. The second-order valence-electron chi connectivity index (χ2n) is 6.54. The lowest BCUT2D eigenvalue weighted by Crippen LogP contribution is -2.43. The van der Waals surface area contributed by atoms with Gasteiger partial charge in [0.05, 0.1) is 0 Å². The zero-order chi connectivity index (χ0) is 17.9. The van der Waals surface area contributed by atoms with Gasteiger partial charge in [-0.25, -0.2) is 0 Å². The van der Waals surface area contributed by atoms with Crippen LogP contribution in [0.5, 0.6) is 0 Å². The summed E-state index contributed by atoms with van der Waals surface area (Å²) in [6.45, 7) is 0.902. The van der Waals surface area contributed by atoms with Crippen LogP contribution in [0.2, 0.25) is 5.02 Å². The molecule has 25 heavy (non-hydrogen) atoms. The van der Waals surface area contributed by atoms with Gasteiger partial charge in [-0.15, -0.1) is 0 Å². The van der Waals surface area contributed by atoms with Crippen LogP contribution in [0.1, 0.15) is 24.0 Å². The molecule has 3 rings (SSSR count). The van der Waals surface area contributed by atoms with Crippen LogP contribution in [0.25, 0.3) is 0 Å². The Hall–Kier alpha value is -2.33. The summed E-state index contributed by atoms with van der Waals surface area (Å²) in [6.07, 6.45) is 1.22. The molecule has 0 spiro atoms. The number of rotatable bonds is 6. The molecule has 4 nitrogen and oxygen atoms in total. The topological polar surface area (TPSA) is 49.4 Å². The normalized spacial score (nSPS) is 14.6. The molecule has 0 atom stereocenters. The predicted molar refractivity (Wildman–Crippen MR) is 97.9 cm³/mol. The van der Waals surface area contributed by atoms with Gasteiger partial charge in [0.25, 0.3) is 0 Å². The molecule has 1 aliphatic rings. The zero-order valence-corrected chi connectivity index (χ0v) is 14.9. The van der Waals surface area contributed by atoms with Crippen LogP contribution in [-0.4, -0.2) is 23.8 Å². The molecule has 0 aliphatic heterocycles. The molecule has 130 valence electrons. The lowest BCUT2D eigenvalue weighted by molar-refractivity contribution is -0.143. The molecule has 0 radical (unpaired) electrons. The smallest absolute Gasteiger partial charge is 0.238 e. The van der Waals surface area contributed by atoms with Gasteiger partial charge in [-0.2, -0.15) is 0 Å². The molecule has 0 aromatic heterocycles. The molecule has 1 N–H and O–H groups in total. The van der Waals surface area contributed by atoms with E-state index in [1.165, 1.54) is 0 Å². The summed E-state index contributed by atoms with van der Waals surface area (Å²) >= 11 is 5.86. The van der Waals surface area contributed by atoms with Crippen molar-refractivity contribution in [3.05, 3.63) is 70.7 Å². The van der Waals surface area contributed by atoms with Crippen LogP contribution in [0, 0.1) is 5.41 Å². The number of halogens is 1. The van der Waals surface area contributed by atoms with E-state index >= 15 is 0 Å². The van der Waals surface area contributed by atoms with E-state index < -0.39 is 5.41 Å². The van der Waals surface area contributed by atoms with Crippen LogP contribution in [0.3, 0.4) is 0 Å². The second kappa shape index (κ2) is 7.28. The van der Waals surface area contributed by atoms with E-state index in [0.717, 1.165) is 11.1 Å². The van der Waals surface area contributed by atoms with Crippen molar-refractivity contribution < 1.29 is 9.59 Å². The fraction of sp³-hybridized carbons (Fsp3) is 0.300. The fourth-order valence-electron chi connectivity index (χ4n) is 2.91. The highest BCUT2D eigenvalue weighted by molar-refractivity contribution is 6.30. The quantitative estimate of drug-likeness (QED) is 0.806. The first-order valence-corrected chi connectivity index (χ1v) is 8.71. The van der Waals surface area contributed by atoms with Crippen molar-refractivity contribution in [1.29, 1.82) is 0 Å². The largest absolute Gasteiger partial charge is 0.351 e. The van der Waals surface area contributed by atoms with Crippen molar-refractivity contribution in [3.8, 4) is 0 Å². The van der Waals surface area contributed by atoms with Gasteiger partial charge in [0.15, 0.2) is 0 Å². The second-order valence-corrected chi connectivity index (χ2v) is 6.97. The maximum Gasteiger partial charge on any atom is 0.238 e. The summed E-state index contributed by atoms with van der Waals surface area (Å²) in [5, 5.41) is 3.55. The van der Waals surface area contributed by atoms with Gasteiger partial charge in [-0.1, -0.05) is 54.1 Å². The maximum absolute atomic E-state index is 12.8. The lowest BCUT2D eigenvalue weighted by atomic mass is 10.0. The Morgan fingerprint density at radius 1 is 1.04 bits per heavy atom. The maximum atomic E-state index is 12.8. The van der Waals surface area contributed by atoms with Crippen LogP contribution in [0.4, 0.5) is 0 Å². The molecular weight excluding hydrogens is 336 g/mol. The summed E-state index contributed by atoms with van der Waals surface area (Å²) in [5.74, 6) is -0.294. The highest BCUT2D eigenvalue weighted by atomic mass is 35.5. The van der Waals surface area contributed by atoms with E-state index in [1.54, 1.807) is 24.1 Å². The number of amides is 2. The number of nitrogens with one attached hydrogen (secondary N) is 1. The monoisotopic (exact) mass is 356 g/mol. The van der Waals surface area contributed by atoms with E-state index in [1.807, 2.05) is 42.5 Å². The average Bonchev–Trinajstić information content (AvgIpc) is 3.43. The summed E-state index contributed by atoms with van der Waals surface area (Å²) in [5.41, 5.74) is 1.12. The van der Waals surface area contributed by atoms with Crippen molar-refractivity contribution in [2.75, 3.05) is 7.05 Å². The Bertz CT molecular complexity index is 755. The van der Waals surface area contributed by atoms with E-state index in [-0.39, 0.29) is 11.8 Å². The average molecular weight is 357 g/mol. The third kappa shape index (κ3) is 4.02. The van der Waals surface area contributed by atoms with Crippen LogP contribution >= 0.6 is 11.6 Å². The van der Waals surface area contributed by atoms with Gasteiger partial charge in [0.1, 0.15) is 5.41 Å². The minimum absolute atomic E-state index is 0.107. The van der Waals surface area contributed by atoms with Crippen LogP contribution in [0.15, 0.2) is 54.6 Å². The number of hydrogen-bond donors (Lipinski definition) is 1. The zero-order valence-electron chi connectivity index (χ0n) is 14.2. The number of nitrogens with zero attached hydrogens (tertiary/aromatic N) is 1. The first-order chi connectivity index (χ1) is 12.0.